The van der Waals surface area contributed by atoms with Crippen LogP contribution in [0.3, 0.4) is 0 Å². The number of benzene rings is 2. The first-order valence-electron chi connectivity index (χ1n) is 7.40. The number of carboxylic acid groups (broad SMARTS) is 1. The van der Waals surface area contributed by atoms with Gasteiger partial charge in [-0.3, -0.25) is 15.5 Å². The van der Waals surface area contributed by atoms with Gasteiger partial charge in [0.05, 0.1) is 17.6 Å². The van der Waals surface area contributed by atoms with Gasteiger partial charge >= 0.3 is 5.97 Å². The molecule has 3 N–H and O–H groups in total. The number of nitrogens with zero attached hydrogens (tertiary/aromatic N) is 3. The summed E-state index contributed by atoms with van der Waals surface area (Å²) in [5.41, 5.74) is 6.11. The van der Waals surface area contributed by atoms with Crippen LogP contribution < -0.4 is 5.48 Å². The van der Waals surface area contributed by atoms with Gasteiger partial charge in [-0.15, -0.1) is 5.10 Å². The van der Waals surface area contributed by atoms with Crippen molar-refractivity contribution in [1.82, 2.24) is 15.0 Å². The van der Waals surface area contributed by atoms with Crippen LogP contribution in [0.2, 0.25) is 0 Å². The third-order valence-electron chi connectivity index (χ3n) is 3.63. The van der Waals surface area contributed by atoms with Crippen LogP contribution in [0.1, 0.15) is 12.0 Å². The molecular weight excluding hydrogens is 308 g/mol. The van der Waals surface area contributed by atoms with Crippen LogP contribution in [0.25, 0.3) is 16.9 Å². The summed E-state index contributed by atoms with van der Waals surface area (Å²) in [7, 11) is 0. The van der Waals surface area contributed by atoms with Gasteiger partial charge in [0, 0.05) is 12.0 Å². The van der Waals surface area contributed by atoms with Crippen LogP contribution >= 0.6 is 0 Å². The Morgan fingerprint density at radius 1 is 1.08 bits per heavy atom. The second-order valence-electron chi connectivity index (χ2n) is 5.30. The molecule has 1 heterocycles. The van der Waals surface area contributed by atoms with E-state index >= 15 is 0 Å². The predicted octanol–water partition coefficient (Wildman–Crippen LogP) is 2.75. The fourth-order valence-electron chi connectivity index (χ4n) is 2.30. The molecule has 0 aliphatic rings. The highest BCUT2D eigenvalue weighted by Crippen LogP contribution is 2.19. The molecule has 7 nitrogen and oxygen atoms in total. The van der Waals surface area contributed by atoms with Crippen LogP contribution in [-0.2, 0) is 11.2 Å². The molecule has 122 valence electrons. The summed E-state index contributed by atoms with van der Waals surface area (Å²) < 4.78 is 1.65. The first-order valence-corrected chi connectivity index (χ1v) is 7.40. The minimum Gasteiger partial charge on any atom is -0.481 e. The molecule has 0 unspecified atom stereocenters. The van der Waals surface area contributed by atoms with E-state index in [1.165, 1.54) is 0 Å². The third kappa shape index (κ3) is 3.58. The smallest absolute Gasteiger partial charge is 0.303 e. The van der Waals surface area contributed by atoms with E-state index < -0.39 is 5.97 Å². The fourth-order valence-corrected chi connectivity index (χ4v) is 2.30. The number of aliphatic carboxylic acids is 1. The summed E-state index contributed by atoms with van der Waals surface area (Å²) >= 11 is 0. The van der Waals surface area contributed by atoms with Crippen LogP contribution in [0.5, 0.6) is 0 Å². The molecule has 24 heavy (non-hydrogen) atoms. The lowest BCUT2D eigenvalue weighted by atomic mass is 10.1. The lowest BCUT2D eigenvalue weighted by Gasteiger charge is -2.02. The van der Waals surface area contributed by atoms with Gasteiger partial charge in [-0.25, -0.2) is 4.68 Å². The zero-order valence-corrected chi connectivity index (χ0v) is 12.8. The molecule has 0 radical (unpaired) electrons. The molecule has 2 aromatic carbocycles. The first kappa shape index (κ1) is 15.7. The Hall–Kier alpha value is -3.19. The maximum atomic E-state index is 10.6. The van der Waals surface area contributed by atoms with Crippen molar-refractivity contribution in [2.45, 2.75) is 12.8 Å². The Kier molecular flexibility index (Phi) is 4.53. The molecule has 0 fully saturated rings. The van der Waals surface area contributed by atoms with Crippen LogP contribution in [0, 0.1) is 0 Å². The fraction of sp³-hybridized carbons (Fsp3) is 0.118. The first-order chi connectivity index (χ1) is 11.7. The molecule has 0 spiro atoms. The number of carboxylic acids is 1. The van der Waals surface area contributed by atoms with Crippen molar-refractivity contribution in [3.63, 3.8) is 0 Å². The number of hydrogen-bond donors (Lipinski definition) is 3. The SMILES string of the molecule is O=C(O)CCc1ccc(-c2cn(-c3ccc(NO)cc3)nn2)cc1. The average molecular weight is 324 g/mol. The maximum Gasteiger partial charge on any atom is 0.303 e. The van der Waals surface area contributed by atoms with Crippen molar-refractivity contribution in [3.05, 3.63) is 60.3 Å². The molecule has 0 aliphatic carbocycles. The number of anilines is 1. The van der Waals surface area contributed by atoms with Crippen molar-refractivity contribution in [1.29, 1.82) is 0 Å². The van der Waals surface area contributed by atoms with E-state index in [1.807, 2.05) is 42.6 Å². The van der Waals surface area contributed by atoms with Crippen molar-refractivity contribution in [2.24, 2.45) is 0 Å². The monoisotopic (exact) mass is 324 g/mol. The highest BCUT2D eigenvalue weighted by atomic mass is 16.5. The number of carbonyl (C=O) groups is 1. The maximum absolute atomic E-state index is 10.6. The molecule has 0 bridgehead atoms. The van der Waals surface area contributed by atoms with Crippen molar-refractivity contribution < 1.29 is 15.1 Å². The number of aromatic nitrogens is 3. The Bertz CT molecular complexity index is 826. The average Bonchev–Trinajstić information content (AvgIpc) is 3.10. The van der Waals surface area contributed by atoms with Crippen molar-refractivity contribution in [2.75, 3.05) is 5.48 Å². The summed E-state index contributed by atoms with van der Waals surface area (Å²) in [6.07, 6.45) is 2.44. The Labute approximate surface area is 138 Å². The van der Waals surface area contributed by atoms with E-state index in [4.69, 9.17) is 10.3 Å². The largest absolute Gasteiger partial charge is 0.481 e. The van der Waals surface area contributed by atoms with E-state index in [-0.39, 0.29) is 6.42 Å². The zero-order chi connectivity index (χ0) is 16.9. The van der Waals surface area contributed by atoms with Gasteiger partial charge in [0.15, 0.2) is 0 Å². The minimum atomic E-state index is -0.801. The summed E-state index contributed by atoms with van der Waals surface area (Å²) in [5.74, 6) is -0.801. The Morgan fingerprint density at radius 3 is 2.42 bits per heavy atom. The molecular formula is C17H16N4O3. The van der Waals surface area contributed by atoms with Gasteiger partial charge in [0.25, 0.3) is 0 Å². The molecule has 0 saturated heterocycles. The Balaban J connectivity index is 1.76. The van der Waals surface area contributed by atoms with E-state index in [2.05, 4.69) is 15.8 Å². The highest BCUT2D eigenvalue weighted by molar-refractivity contribution is 5.67. The molecule has 7 heteroatoms. The minimum absolute atomic E-state index is 0.119. The van der Waals surface area contributed by atoms with Gasteiger partial charge in [0.2, 0.25) is 0 Å². The molecule has 0 amide bonds. The van der Waals surface area contributed by atoms with Crippen LogP contribution in [-0.4, -0.2) is 31.3 Å². The van der Waals surface area contributed by atoms with Crippen molar-refractivity contribution >= 4 is 11.7 Å². The number of hydrogen-bond acceptors (Lipinski definition) is 5. The zero-order valence-electron chi connectivity index (χ0n) is 12.8. The van der Waals surface area contributed by atoms with Crippen molar-refractivity contribution in [3.8, 4) is 16.9 Å². The summed E-state index contributed by atoms with van der Waals surface area (Å²) in [6.45, 7) is 0. The van der Waals surface area contributed by atoms with Gasteiger partial charge in [-0.1, -0.05) is 29.5 Å². The van der Waals surface area contributed by atoms with E-state index in [0.29, 0.717) is 12.1 Å². The van der Waals surface area contributed by atoms with Crippen LogP contribution in [0.15, 0.2) is 54.7 Å². The second kappa shape index (κ2) is 6.93. The number of rotatable bonds is 6. The molecule has 3 rings (SSSR count). The van der Waals surface area contributed by atoms with Gasteiger partial charge in [0.1, 0.15) is 5.69 Å². The Morgan fingerprint density at radius 2 is 1.79 bits per heavy atom. The topological polar surface area (TPSA) is 100 Å². The summed E-state index contributed by atoms with van der Waals surface area (Å²) in [6, 6.07) is 14.7. The standard InChI is InChI=1S/C17H16N4O3/c22-17(23)10-3-12-1-4-13(5-2-12)16-11-21(20-18-16)15-8-6-14(19-24)7-9-15/h1-2,4-9,11,19,24H,3,10H2,(H,22,23). The van der Waals surface area contributed by atoms with E-state index in [1.54, 1.807) is 16.8 Å². The molecule has 0 atom stereocenters. The normalized spacial score (nSPS) is 10.5. The lowest BCUT2D eigenvalue weighted by molar-refractivity contribution is -0.136. The molecule has 1 aromatic heterocycles. The number of aryl methyl sites for hydroxylation is 1. The lowest BCUT2D eigenvalue weighted by Crippen LogP contribution is -1.97. The molecule has 3 aromatic rings. The van der Waals surface area contributed by atoms with E-state index in [0.717, 1.165) is 22.5 Å². The molecule has 0 aliphatic heterocycles. The highest BCUT2D eigenvalue weighted by Gasteiger charge is 2.06. The second-order valence-corrected chi connectivity index (χ2v) is 5.30. The number of nitrogens with one attached hydrogen (secondary N) is 1. The van der Waals surface area contributed by atoms with Gasteiger partial charge in [-0.05, 0) is 36.2 Å². The quantitative estimate of drug-likeness (QED) is 0.603. The summed E-state index contributed by atoms with van der Waals surface area (Å²) in [4.78, 5) is 10.6. The summed E-state index contributed by atoms with van der Waals surface area (Å²) in [5, 5.41) is 25.8. The molecule has 0 saturated carbocycles. The van der Waals surface area contributed by atoms with Gasteiger partial charge in [-0.2, -0.15) is 0 Å². The predicted molar refractivity (Wildman–Crippen MR) is 88.2 cm³/mol. The van der Waals surface area contributed by atoms with Crippen LogP contribution in [0.4, 0.5) is 5.69 Å². The third-order valence-corrected chi connectivity index (χ3v) is 3.63. The van der Waals surface area contributed by atoms with E-state index in [9.17, 15) is 4.79 Å². The van der Waals surface area contributed by atoms with Gasteiger partial charge < -0.3 is 5.11 Å².